The van der Waals surface area contributed by atoms with Gasteiger partial charge in [-0.25, -0.2) is 4.98 Å². The third-order valence-electron chi connectivity index (χ3n) is 4.98. The Bertz CT molecular complexity index is 1290. The monoisotopic (exact) mass is 445 g/mol. The number of aromatic nitrogens is 2. The van der Waals surface area contributed by atoms with Gasteiger partial charge in [-0.15, -0.1) is 0 Å². The summed E-state index contributed by atoms with van der Waals surface area (Å²) in [5, 5.41) is 3.89. The molecule has 4 aromatic rings. The Kier molecular flexibility index (Phi) is 6.87. The molecule has 0 spiro atoms. The van der Waals surface area contributed by atoms with Crippen LogP contribution in [0.5, 0.6) is 5.75 Å². The molecule has 0 fully saturated rings. The maximum absolute atomic E-state index is 13.3. The Morgan fingerprint density at radius 2 is 1.72 bits per heavy atom. The third kappa shape index (κ3) is 4.84. The number of ether oxygens (including phenoxy) is 1. The lowest BCUT2D eigenvalue weighted by molar-refractivity contribution is -0.118. The second-order valence-corrected chi connectivity index (χ2v) is 8.04. The standard InChI is InChI=1S/C25H23N3O3S/c1-31-22-14-8-7-13-21(22)28-24(30)19-11-5-6-12-20(19)27-25(28)32-17-23(29)26-16-15-18-9-3-2-4-10-18/h2-14H,15-17H2,1H3,(H,26,29). The quantitative estimate of drug-likeness (QED) is 0.330. The zero-order valence-electron chi connectivity index (χ0n) is 17.7. The van der Waals surface area contributed by atoms with Crippen molar-refractivity contribution in [3.05, 3.63) is 94.8 Å². The highest BCUT2D eigenvalue weighted by Gasteiger charge is 2.17. The molecule has 1 N–H and O–H groups in total. The number of nitrogens with one attached hydrogen (secondary N) is 1. The van der Waals surface area contributed by atoms with Gasteiger partial charge in [0.05, 0.1) is 29.5 Å². The molecule has 162 valence electrons. The van der Waals surface area contributed by atoms with E-state index in [1.807, 2.05) is 54.6 Å². The average Bonchev–Trinajstić information content (AvgIpc) is 2.83. The summed E-state index contributed by atoms with van der Waals surface area (Å²) in [5.41, 5.74) is 2.15. The van der Waals surface area contributed by atoms with Crippen molar-refractivity contribution in [1.29, 1.82) is 0 Å². The number of methoxy groups -OCH3 is 1. The van der Waals surface area contributed by atoms with Crippen molar-refractivity contribution in [2.75, 3.05) is 19.4 Å². The van der Waals surface area contributed by atoms with Crippen molar-refractivity contribution in [2.24, 2.45) is 0 Å². The molecule has 0 unspecified atom stereocenters. The molecule has 3 aromatic carbocycles. The lowest BCUT2D eigenvalue weighted by Crippen LogP contribution is -2.28. The number of fused-ring (bicyclic) bond motifs is 1. The van der Waals surface area contributed by atoms with Crippen molar-refractivity contribution in [1.82, 2.24) is 14.9 Å². The lowest BCUT2D eigenvalue weighted by Gasteiger charge is -2.15. The van der Waals surface area contributed by atoms with E-state index >= 15 is 0 Å². The summed E-state index contributed by atoms with van der Waals surface area (Å²) in [5.74, 6) is 0.593. The fourth-order valence-electron chi connectivity index (χ4n) is 3.41. The van der Waals surface area contributed by atoms with Crippen LogP contribution in [-0.4, -0.2) is 34.9 Å². The predicted molar refractivity (Wildman–Crippen MR) is 128 cm³/mol. The van der Waals surface area contributed by atoms with Crippen LogP contribution < -0.4 is 15.6 Å². The molecule has 0 aliphatic carbocycles. The number of thioether (sulfide) groups is 1. The molecule has 0 aliphatic heterocycles. The fourth-order valence-corrected chi connectivity index (χ4v) is 4.24. The Morgan fingerprint density at radius 1 is 1.00 bits per heavy atom. The largest absolute Gasteiger partial charge is 0.495 e. The molecule has 7 heteroatoms. The second kappa shape index (κ2) is 10.2. The SMILES string of the molecule is COc1ccccc1-n1c(SCC(=O)NCCc2ccccc2)nc2ccccc2c1=O. The number of nitrogens with zero attached hydrogens (tertiary/aromatic N) is 2. The topological polar surface area (TPSA) is 73.2 Å². The zero-order valence-corrected chi connectivity index (χ0v) is 18.5. The lowest BCUT2D eigenvalue weighted by atomic mass is 10.1. The van der Waals surface area contributed by atoms with Crippen LogP contribution in [0.1, 0.15) is 5.56 Å². The molecule has 0 saturated carbocycles. The highest BCUT2D eigenvalue weighted by Crippen LogP contribution is 2.26. The van der Waals surface area contributed by atoms with Crippen molar-refractivity contribution >= 4 is 28.6 Å². The molecule has 1 aromatic heterocycles. The summed E-state index contributed by atoms with van der Waals surface area (Å²) in [6.45, 7) is 0.549. The fraction of sp³-hybridized carbons (Fsp3) is 0.160. The van der Waals surface area contributed by atoms with E-state index in [1.54, 1.807) is 31.4 Å². The Morgan fingerprint density at radius 3 is 2.53 bits per heavy atom. The number of carbonyl (C=O) groups excluding carboxylic acids is 1. The van der Waals surface area contributed by atoms with E-state index in [1.165, 1.54) is 21.9 Å². The highest BCUT2D eigenvalue weighted by atomic mass is 32.2. The summed E-state index contributed by atoms with van der Waals surface area (Å²) < 4.78 is 6.98. The van der Waals surface area contributed by atoms with Gasteiger partial charge in [0.15, 0.2) is 5.16 Å². The summed E-state index contributed by atoms with van der Waals surface area (Å²) in [6.07, 6.45) is 0.761. The molecule has 0 saturated heterocycles. The first-order chi connectivity index (χ1) is 15.7. The van der Waals surface area contributed by atoms with Crippen LogP contribution >= 0.6 is 11.8 Å². The van der Waals surface area contributed by atoms with Gasteiger partial charge in [-0.05, 0) is 36.2 Å². The van der Waals surface area contributed by atoms with E-state index in [0.29, 0.717) is 34.0 Å². The number of hydrogen-bond donors (Lipinski definition) is 1. The smallest absolute Gasteiger partial charge is 0.266 e. The molecule has 1 heterocycles. The van der Waals surface area contributed by atoms with E-state index in [9.17, 15) is 9.59 Å². The van der Waals surface area contributed by atoms with Crippen LogP contribution in [0.25, 0.3) is 16.6 Å². The van der Waals surface area contributed by atoms with E-state index in [0.717, 1.165) is 6.42 Å². The van der Waals surface area contributed by atoms with Gasteiger partial charge < -0.3 is 10.1 Å². The van der Waals surface area contributed by atoms with Crippen LogP contribution in [0.3, 0.4) is 0 Å². The normalized spacial score (nSPS) is 10.8. The zero-order chi connectivity index (χ0) is 22.3. The average molecular weight is 446 g/mol. The molecule has 0 aliphatic rings. The molecule has 4 rings (SSSR count). The number of carbonyl (C=O) groups is 1. The highest BCUT2D eigenvalue weighted by molar-refractivity contribution is 7.99. The number of hydrogen-bond acceptors (Lipinski definition) is 5. The van der Waals surface area contributed by atoms with E-state index < -0.39 is 0 Å². The number of benzene rings is 3. The number of rotatable bonds is 8. The number of amides is 1. The van der Waals surface area contributed by atoms with Gasteiger partial charge in [0.25, 0.3) is 5.56 Å². The van der Waals surface area contributed by atoms with Crippen LogP contribution in [0.4, 0.5) is 0 Å². The van der Waals surface area contributed by atoms with Gasteiger partial charge in [0.1, 0.15) is 5.75 Å². The molecular formula is C25H23N3O3S. The van der Waals surface area contributed by atoms with Gasteiger partial charge >= 0.3 is 0 Å². The maximum atomic E-state index is 13.3. The van der Waals surface area contributed by atoms with Crippen LogP contribution in [0.2, 0.25) is 0 Å². The van der Waals surface area contributed by atoms with Gasteiger partial charge in [-0.1, -0.05) is 66.4 Å². The van der Waals surface area contributed by atoms with E-state index in [2.05, 4.69) is 10.3 Å². The predicted octanol–water partition coefficient (Wildman–Crippen LogP) is 3.85. The third-order valence-corrected chi connectivity index (χ3v) is 5.92. The summed E-state index contributed by atoms with van der Waals surface area (Å²) >= 11 is 1.23. The second-order valence-electron chi connectivity index (χ2n) is 7.10. The van der Waals surface area contributed by atoms with E-state index in [4.69, 9.17) is 4.74 Å². The molecule has 1 amide bonds. The van der Waals surface area contributed by atoms with Gasteiger partial charge in [-0.3, -0.25) is 14.2 Å². The maximum Gasteiger partial charge on any atom is 0.266 e. The molecule has 0 bridgehead atoms. The molecule has 32 heavy (non-hydrogen) atoms. The van der Waals surface area contributed by atoms with E-state index in [-0.39, 0.29) is 17.2 Å². The Hall–Kier alpha value is -3.58. The summed E-state index contributed by atoms with van der Waals surface area (Å²) in [7, 11) is 1.56. The Balaban J connectivity index is 1.57. The first-order valence-corrected chi connectivity index (χ1v) is 11.2. The molecule has 0 atom stereocenters. The van der Waals surface area contributed by atoms with Crippen LogP contribution in [0, 0.1) is 0 Å². The first-order valence-electron chi connectivity index (χ1n) is 10.3. The molecule has 6 nitrogen and oxygen atoms in total. The first kappa shape index (κ1) is 21.6. The van der Waals surface area contributed by atoms with Crippen LogP contribution in [0.15, 0.2) is 88.8 Å². The van der Waals surface area contributed by atoms with Crippen LogP contribution in [-0.2, 0) is 11.2 Å². The van der Waals surface area contributed by atoms with Gasteiger partial charge in [0, 0.05) is 6.54 Å². The minimum atomic E-state index is -0.202. The van der Waals surface area contributed by atoms with Crippen molar-refractivity contribution in [2.45, 2.75) is 11.6 Å². The number of para-hydroxylation sites is 3. The van der Waals surface area contributed by atoms with Gasteiger partial charge in [0.2, 0.25) is 5.91 Å². The minimum Gasteiger partial charge on any atom is -0.495 e. The van der Waals surface area contributed by atoms with Crippen molar-refractivity contribution in [3.8, 4) is 11.4 Å². The summed E-state index contributed by atoms with van der Waals surface area (Å²) in [6, 6.07) is 24.5. The Labute approximate surface area is 190 Å². The van der Waals surface area contributed by atoms with Gasteiger partial charge in [-0.2, -0.15) is 0 Å². The minimum absolute atomic E-state index is 0.111. The van der Waals surface area contributed by atoms with Crippen molar-refractivity contribution in [3.63, 3.8) is 0 Å². The molecular weight excluding hydrogens is 422 g/mol. The molecule has 0 radical (unpaired) electrons. The summed E-state index contributed by atoms with van der Waals surface area (Å²) in [4.78, 5) is 30.5. The van der Waals surface area contributed by atoms with Crippen molar-refractivity contribution < 1.29 is 9.53 Å².